The van der Waals surface area contributed by atoms with E-state index in [2.05, 4.69) is 77.1 Å². The topological polar surface area (TPSA) is 0 Å². The number of aryl methyl sites for hydroxylation is 3. The summed E-state index contributed by atoms with van der Waals surface area (Å²) in [5.74, 6) is 3.33. The van der Waals surface area contributed by atoms with Gasteiger partial charge in [-0.3, -0.25) is 0 Å². The minimum Gasteiger partial charge on any atom is -0.0854 e. The molecule has 4 rings (SSSR count). The molecule has 0 heterocycles. The molecule has 0 N–H and O–H groups in total. The number of hydrogen-bond acceptors (Lipinski definition) is 0. The molecule has 168 valence electrons. The summed E-state index contributed by atoms with van der Waals surface area (Å²) in [5.41, 5.74) is 9.98. The van der Waals surface area contributed by atoms with Crippen molar-refractivity contribution in [3.05, 3.63) is 70.3 Å². The maximum Gasteiger partial charge on any atom is -0.0154 e. The molecule has 2 aromatic carbocycles. The highest BCUT2D eigenvalue weighted by Crippen LogP contribution is 2.42. The molecule has 31 heavy (non-hydrogen) atoms. The predicted octanol–water partition coefficient (Wildman–Crippen LogP) is 9.49. The van der Waals surface area contributed by atoms with Crippen LogP contribution in [0.2, 0.25) is 0 Å². The van der Waals surface area contributed by atoms with E-state index >= 15 is 0 Å². The lowest BCUT2D eigenvalue weighted by atomic mass is 9.70. The largest absolute Gasteiger partial charge is 0.0854 e. The lowest BCUT2D eigenvalue weighted by molar-refractivity contribution is 0.242. The molecule has 1 fully saturated rings. The van der Waals surface area contributed by atoms with Gasteiger partial charge in [-0.05, 0) is 129 Å². The monoisotopic (exact) mass is 416 g/mol. The summed E-state index contributed by atoms with van der Waals surface area (Å²) in [6.45, 7) is 15.3. The van der Waals surface area contributed by atoms with Gasteiger partial charge in [-0.1, -0.05) is 63.3 Å². The van der Waals surface area contributed by atoms with Crippen molar-refractivity contribution in [1.29, 1.82) is 0 Å². The maximum atomic E-state index is 2.55. The minimum atomic E-state index is 0.756. The van der Waals surface area contributed by atoms with E-state index in [0.717, 1.165) is 23.7 Å². The maximum absolute atomic E-state index is 2.55. The fourth-order valence-electron chi connectivity index (χ4n) is 5.71. The first-order valence-corrected chi connectivity index (χ1v) is 12.8. The zero-order valence-corrected chi connectivity index (χ0v) is 21.1. The molecule has 0 radical (unpaired) electrons. The van der Waals surface area contributed by atoms with E-state index in [0.29, 0.717) is 0 Å². The van der Waals surface area contributed by atoms with Gasteiger partial charge in [0.15, 0.2) is 0 Å². The van der Waals surface area contributed by atoms with E-state index in [-0.39, 0.29) is 0 Å². The predicted molar refractivity (Wildman–Crippen MR) is 138 cm³/mol. The molecule has 2 aliphatic rings. The molecular weight excluding hydrogens is 372 g/mol. The van der Waals surface area contributed by atoms with E-state index < -0.39 is 0 Å². The Morgan fingerprint density at radius 2 is 1.32 bits per heavy atom. The van der Waals surface area contributed by atoms with Crippen LogP contribution in [0.1, 0.15) is 93.0 Å². The van der Waals surface area contributed by atoms with Gasteiger partial charge < -0.3 is 0 Å². The van der Waals surface area contributed by atoms with Crippen molar-refractivity contribution >= 4 is 0 Å². The Balaban J connectivity index is 0.00000132. The molecule has 0 heteroatoms. The van der Waals surface area contributed by atoms with Crippen LogP contribution in [0.3, 0.4) is 0 Å². The summed E-state index contributed by atoms with van der Waals surface area (Å²) in [4.78, 5) is 0. The molecule has 0 amide bonds. The first kappa shape index (κ1) is 23.8. The van der Waals surface area contributed by atoms with Crippen molar-refractivity contribution < 1.29 is 0 Å². The summed E-state index contributed by atoms with van der Waals surface area (Å²) < 4.78 is 0. The van der Waals surface area contributed by atoms with Gasteiger partial charge in [0.2, 0.25) is 0 Å². The normalized spacial score (nSPS) is 25.6. The highest BCUT2D eigenvalue weighted by molar-refractivity contribution is 5.70. The molecule has 2 unspecified atom stereocenters. The first-order chi connectivity index (χ1) is 14.9. The second kappa shape index (κ2) is 10.7. The lowest BCUT2D eigenvalue weighted by Gasteiger charge is -2.35. The molecule has 2 atom stereocenters. The van der Waals surface area contributed by atoms with E-state index in [1.807, 2.05) is 13.8 Å². The molecule has 0 nitrogen and oxygen atoms in total. The molecule has 1 saturated carbocycles. The first-order valence-electron chi connectivity index (χ1n) is 12.8. The van der Waals surface area contributed by atoms with E-state index in [1.54, 1.807) is 5.56 Å². The van der Waals surface area contributed by atoms with Crippen LogP contribution in [-0.2, 0) is 0 Å². The standard InChI is InChI=1S/C29H38.C2H6/c1-19-6-8-24(9-7-19)25-10-12-26(13-11-25)27-14-15-29(22(4)18-27)28-16-20(2)23(5)21(3)17-28;1-2/h6,8,14-19,24-26H,7,9-13H2,1-5H3;1-2H3. The Morgan fingerprint density at radius 3 is 1.87 bits per heavy atom. The van der Waals surface area contributed by atoms with Crippen molar-refractivity contribution in [2.75, 3.05) is 0 Å². The van der Waals surface area contributed by atoms with Crippen molar-refractivity contribution in [2.24, 2.45) is 17.8 Å². The van der Waals surface area contributed by atoms with Crippen molar-refractivity contribution in [3.63, 3.8) is 0 Å². The Labute approximate surface area is 192 Å². The minimum absolute atomic E-state index is 0.756. The van der Waals surface area contributed by atoms with Crippen LogP contribution < -0.4 is 0 Å². The van der Waals surface area contributed by atoms with Crippen LogP contribution in [-0.4, -0.2) is 0 Å². The lowest BCUT2D eigenvalue weighted by Crippen LogP contribution is -2.22. The summed E-state index contributed by atoms with van der Waals surface area (Å²) in [6.07, 6.45) is 13.4. The van der Waals surface area contributed by atoms with Crippen LogP contribution >= 0.6 is 0 Å². The molecule has 0 saturated heterocycles. The summed E-state index contributed by atoms with van der Waals surface area (Å²) in [7, 11) is 0. The van der Waals surface area contributed by atoms with E-state index in [1.165, 1.54) is 71.9 Å². The summed E-state index contributed by atoms with van der Waals surface area (Å²) in [5, 5.41) is 0. The number of allylic oxidation sites excluding steroid dienone is 2. The summed E-state index contributed by atoms with van der Waals surface area (Å²) >= 11 is 0. The van der Waals surface area contributed by atoms with Gasteiger partial charge in [-0.25, -0.2) is 0 Å². The molecule has 2 aromatic rings. The third-order valence-corrected chi connectivity index (χ3v) is 7.98. The van der Waals surface area contributed by atoms with Gasteiger partial charge in [0.25, 0.3) is 0 Å². The Morgan fingerprint density at radius 1 is 0.677 bits per heavy atom. The second-order valence-electron chi connectivity index (χ2n) is 10.0. The van der Waals surface area contributed by atoms with Gasteiger partial charge >= 0.3 is 0 Å². The third kappa shape index (κ3) is 5.51. The van der Waals surface area contributed by atoms with Crippen molar-refractivity contribution in [2.45, 2.75) is 92.9 Å². The van der Waals surface area contributed by atoms with E-state index in [4.69, 9.17) is 0 Å². The molecular formula is C31H44. The second-order valence-corrected chi connectivity index (χ2v) is 10.0. The Kier molecular flexibility index (Phi) is 8.20. The van der Waals surface area contributed by atoms with Gasteiger partial charge in [-0.2, -0.15) is 0 Å². The van der Waals surface area contributed by atoms with Gasteiger partial charge in [0, 0.05) is 0 Å². The third-order valence-electron chi connectivity index (χ3n) is 7.98. The van der Waals surface area contributed by atoms with Crippen LogP contribution in [0.5, 0.6) is 0 Å². The van der Waals surface area contributed by atoms with Crippen molar-refractivity contribution in [3.8, 4) is 11.1 Å². The highest BCUT2D eigenvalue weighted by Gasteiger charge is 2.28. The van der Waals surface area contributed by atoms with Gasteiger partial charge in [-0.15, -0.1) is 0 Å². The Bertz CT molecular complexity index is 869. The van der Waals surface area contributed by atoms with Crippen LogP contribution in [0.25, 0.3) is 11.1 Å². The SMILES string of the molecule is CC.Cc1cc(C2CCC(C3C=CC(C)CC3)CC2)ccc1-c1cc(C)c(C)c(C)c1. The average Bonchev–Trinajstić information content (AvgIpc) is 2.79. The quantitative estimate of drug-likeness (QED) is 0.437. The average molecular weight is 417 g/mol. The van der Waals surface area contributed by atoms with Crippen LogP contribution in [0.15, 0.2) is 42.5 Å². The number of benzene rings is 2. The number of hydrogen-bond donors (Lipinski definition) is 0. The molecule has 0 aromatic heterocycles. The van der Waals surface area contributed by atoms with Crippen LogP contribution in [0.4, 0.5) is 0 Å². The molecule has 0 spiro atoms. The van der Waals surface area contributed by atoms with Crippen molar-refractivity contribution in [1.82, 2.24) is 0 Å². The van der Waals surface area contributed by atoms with Gasteiger partial charge in [0.1, 0.15) is 0 Å². The molecule has 2 aliphatic carbocycles. The van der Waals surface area contributed by atoms with Gasteiger partial charge in [0.05, 0.1) is 0 Å². The summed E-state index contributed by atoms with van der Waals surface area (Å²) in [6, 6.07) is 12.0. The number of rotatable bonds is 3. The fourth-order valence-corrected chi connectivity index (χ4v) is 5.71. The fraction of sp³-hybridized carbons (Fsp3) is 0.548. The van der Waals surface area contributed by atoms with E-state index in [9.17, 15) is 0 Å². The zero-order chi connectivity index (χ0) is 22.5. The highest BCUT2D eigenvalue weighted by atomic mass is 14.3. The molecule has 0 bridgehead atoms. The Hall–Kier alpha value is -1.82. The molecule has 0 aliphatic heterocycles. The zero-order valence-electron chi connectivity index (χ0n) is 21.1. The smallest absolute Gasteiger partial charge is 0.0154 e. The van der Waals surface area contributed by atoms with Crippen LogP contribution in [0, 0.1) is 45.4 Å².